The first kappa shape index (κ1) is 15.6. The van der Waals surface area contributed by atoms with E-state index in [-0.39, 0.29) is 5.54 Å². The topological polar surface area (TPSA) is 34.2 Å². The number of nitrogens with zero attached hydrogens (tertiary/aromatic N) is 1. The molecule has 0 saturated heterocycles. The van der Waals surface area contributed by atoms with Crippen molar-refractivity contribution in [1.29, 1.82) is 0 Å². The number of hydrogen-bond donors (Lipinski definition) is 1. The summed E-state index contributed by atoms with van der Waals surface area (Å²) in [5, 5.41) is 4.03. The normalized spacial score (nSPS) is 16.6. The van der Waals surface area contributed by atoms with E-state index in [0.717, 1.165) is 18.7 Å². The summed E-state index contributed by atoms with van der Waals surface area (Å²) >= 11 is 6.25. The average Bonchev–Trinajstić information content (AvgIpc) is 2.87. The van der Waals surface area contributed by atoms with Crippen molar-refractivity contribution in [2.24, 2.45) is 5.92 Å². The van der Waals surface area contributed by atoms with Gasteiger partial charge in [0.05, 0.1) is 6.61 Å². The standard InChI is InChI=1S/C16H25ClN2O/c1-16(2,3)19-10-13-8-14(17)15(18-9-13)20-11-12-6-4-5-7-12/h8-9,12,19H,4-7,10-11H2,1-3H3. The molecule has 2 rings (SSSR count). The molecule has 0 aliphatic heterocycles. The van der Waals surface area contributed by atoms with Gasteiger partial charge in [-0.1, -0.05) is 24.4 Å². The molecular formula is C16H25ClN2O. The molecule has 0 aromatic carbocycles. The highest BCUT2D eigenvalue weighted by Gasteiger charge is 2.17. The van der Waals surface area contributed by atoms with E-state index in [4.69, 9.17) is 16.3 Å². The first-order valence-corrected chi connectivity index (χ1v) is 7.84. The van der Waals surface area contributed by atoms with Crippen LogP contribution in [0.3, 0.4) is 0 Å². The molecule has 1 N–H and O–H groups in total. The van der Waals surface area contributed by atoms with Gasteiger partial charge in [-0.25, -0.2) is 4.98 Å². The Morgan fingerprint density at radius 2 is 2.05 bits per heavy atom. The van der Waals surface area contributed by atoms with Crippen LogP contribution in [0.4, 0.5) is 0 Å². The van der Waals surface area contributed by atoms with E-state index in [1.165, 1.54) is 25.7 Å². The van der Waals surface area contributed by atoms with E-state index in [2.05, 4.69) is 31.1 Å². The SMILES string of the molecule is CC(C)(C)NCc1cnc(OCC2CCCC2)c(Cl)c1. The average molecular weight is 297 g/mol. The van der Waals surface area contributed by atoms with Crippen molar-refractivity contribution in [3.63, 3.8) is 0 Å². The number of pyridine rings is 1. The second-order valence-corrected chi connectivity index (χ2v) is 7.10. The zero-order chi connectivity index (χ0) is 14.6. The fraction of sp³-hybridized carbons (Fsp3) is 0.688. The molecule has 1 fully saturated rings. The number of halogens is 1. The van der Waals surface area contributed by atoms with Crippen LogP contribution in [0.1, 0.15) is 52.0 Å². The first-order valence-electron chi connectivity index (χ1n) is 7.46. The van der Waals surface area contributed by atoms with Crippen LogP contribution >= 0.6 is 11.6 Å². The zero-order valence-corrected chi connectivity index (χ0v) is 13.5. The molecular weight excluding hydrogens is 272 g/mol. The summed E-state index contributed by atoms with van der Waals surface area (Å²) in [6.07, 6.45) is 7.03. The molecule has 1 aliphatic carbocycles. The van der Waals surface area contributed by atoms with Crippen LogP contribution in [0.15, 0.2) is 12.3 Å². The van der Waals surface area contributed by atoms with Gasteiger partial charge in [-0.3, -0.25) is 0 Å². The lowest BCUT2D eigenvalue weighted by atomic mass is 10.1. The number of rotatable bonds is 5. The summed E-state index contributed by atoms with van der Waals surface area (Å²) in [6, 6.07) is 1.94. The Morgan fingerprint density at radius 1 is 1.35 bits per heavy atom. The summed E-state index contributed by atoms with van der Waals surface area (Å²) < 4.78 is 5.76. The number of hydrogen-bond acceptors (Lipinski definition) is 3. The van der Waals surface area contributed by atoms with Crippen molar-refractivity contribution >= 4 is 11.6 Å². The molecule has 1 aromatic heterocycles. The molecule has 0 bridgehead atoms. The maximum atomic E-state index is 6.25. The molecule has 0 spiro atoms. The quantitative estimate of drug-likeness (QED) is 0.884. The molecule has 3 nitrogen and oxygen atoms in total. The van der Waals surface area contributed by atoms with Gasteiger partial charge in [0.2, 0.25) is 5.88 Å². The minimum atomic E-state index is 0.0874. The predicted molar refractivity (Wildman–Crippen MR) is 83.3 cm³/mol. The van der Waals surface area contributed by atoms with Crippen LogP contribution in [-0.2, 0) is 6.54 Å². The number of nitrogens with one attached hydrogen (secondary N) is 1. The van der Waals surface area contributed by atoms with Crippen molar-refractivity contribution in [3.8, 4) is 5.88 Å². The number of ether oxygens (including phenoxy) is 1. The van der Waals surface area contributed by atoms with E-state index in [0.29, 0.717) is 16.8 Å². The van der Waals surface area contributed by atoms with Gasteiger partial charge in [-0.05, 0) is 51.2 Å². The van der Waals surface area contributed by atoms with Gasteiger partial charge in [-0.15, -0.1) is 0 Å². The number of aromatic nitrogens is 1. The first-order chi connectivity index (χ1) is 9.44. The Bertz CT molecular complexity index is 437. The molecule has 0 atom stereocenters. The minimum absolute atomic E-state index is 0.0874. The van der Waals surface area contributed by atoms with E-state index in [1.807, 2.05) is 12.3 Å². The van der Waals surface area contributed by atoms with Crippen molar-refractivity contribution in [3.05, 3.63) is 22.8 Å². The van der Waals surface area contributed by atoms with Crippen molar-refractivity contribution in [2.45, 2.75) is 58.5 Å². The molecule has 20 heavy (non-hydrogen) atoms. The van der Waals surface area contributed by atoms with Gasteiger partial charge in [-0.2, -0.15) is 0 Å². The van der Waals surface area contributed by atoms with Crippen LogP contribution in [0.2, 0.25) is 5.02 Å². The van der Waals surface area contributed by atoms with E-state index in [1.54, 1.807) is 0 Å². The third-order valence-electron chi connectivity index (χ3n) is 3.62. The third-order valence-corrected chi connectivity index (χ3v) is 3.89. The molecule has 112 valence electrons. The highest BCUT2D eigenvalue weighted by molar-refractivity contribution is 6.31. The molecule has 4 heteroatoms. The Hall–Kier alpha value is -0.800. The Kier molecular flexibility index (Phi) is 5.28. The fourth-order valence-corrected chi connectivity index (χ4v) is 2.65. The Balaban J connectivity index is 1.88. The summed E-state index contributed by atoms with van der Waals surface area (Å²) in [7, 11) is 0. The molecule has 1 heterocycles. The third kappa shape index (κ3) is 4.95. The molecule has 0 amide bonds. The van der Waals surface area contributed by atoms with Gasteiger partial charge in [0.25, 0.3) is 0 Å². The van der Waals surface area contributed by atoms with Crippen LogP contribution < -0.4 is 10.1 Å². The summed E-state index contributed by atoms with van der Waals surface area (Å²) in [5.41, 5.74) is 1.17. The summed E-state index contributed by atoms with van der Waals surface area (Å²) in [6.45, 7) is 7.93. The van der Waals surface area contributed by atoms with Crippen molar-refractivity contribution in [1.82, 2.24) is 10.3 Å². The fourth-order valence-electron chi connectivity index (χ4n) is 2.41. The van der Waals surface area contributed by atoms with Crippen molar-refractivity contribution in [2.75, 3.05) is 6.61 Å². The lowest BCUT2D eigenvalue weighted by Gasteiger charge is -2.20. The monoisotopic (exact) mass is 296 g/mol. The van der Waals surface area contributed by atoms with Gasteiger partial charge >= 0.3 is 0 Å². The van der Waals surface area contributed by atoms with Gasteiger partial charge in [0.1, 0.15) is 5.02 Å². The molecule has 1 aromatic rings. The lowest BCUT2D eigenvalue weighted by Crippen LogP contribution is -2.35. The minimum Gasteiger partial charge on any atom is -0.476 e. The second kappa shape index (κ2) is 6.77. The highest BCUT2D eigenvalue weighted by atomic mass is 35.5. The van der Waals surface area contributed by atoms with E-state index >= 15 is 0 Å². The van der Waals surface area contributed by atoms with Crippen molar-refractivity contribution < 1.29 is 4.74 Å². The van der Waals surface area contributed by atoms with E-state index < -0.39 is 0 Å². The van der Waals surface area contributed by atoms with E-state index in [9.17, 15) is 0 Å². The molecule has 0 unspecified atom stereocenters. The van der Waals surface area contributed by atoms with Gasteiger partial charge in [0, 0.05) is 18.3 Å². The zero-order valence-electron chi connectivity index (χ0n) is 12.7. The Labute approximate surface area is 127 Å². The maximum Gasteiger partial charge on any atom is 0.232 e. The molecule has 1 saturated carbocycles. The van der Waals surface area contributed by atoms with Crippen LogP contribution in [-0.4, -0.2) is 17.1 Å². The van der Waals surface area contributed by atoms with Gasteiger partial charge < -0.3 is 10.1 Å². The lowest BCUT2D eigenvalue weighted by molar-refractivity contribution is 0.243. The molecule has 0 radical (unpaired) electrons. The molecule has 1 aliphatic rings. The largest absolute Gasteiger partial charge is 0.476 e. The second-order valence-electron chi connectivity index (χ2n) is 6.70. The van der Waals surface area contributed by atoms with Crippen LogP contribution in [0.25, 0.3) is 0 Å². The Morgan fingerprint density at radius 3 is 2.65 bits per heavy atom. The highest BCUT2D eigenvalue weighted by Crippen LogP contribution is 2.27. The summed E-state index contributed by atoms with van der Waals surface area (Å²) in [5.74, 6) is 1.24. The van der Waals surface area contributed by atoms with Crippen LogP contribution in [0.5, 0.6) is 5.88 Å². The van der Waals surface area contributed by atoms with Gasteiger partial charge in [0.15, 0.2) is 0 Å². The maximum absolute atomic E-state index is 6.25. The summed E-state index contributed by atoms with van der Waals surface area (Å²) in [4.78, 5) is 4.35. The van der Waals surface area contributed by atoms with Crippen LogP contribution in [0, 0.1) is 5.92 Å². The predicted octanol–water partition coefficient (Wildman–Crippen LogP) is 4.19. The smallest absolute Gasteiger partial charge is 0.232 e.